The van der Waals surface area contributed by atoms with Crippen molar-refractivity contribution in [1.82, 2.24) is 10.2 Å². The number of amides is 1. The summed E-state index contributed by atoms with van der Waals surface area (Å²) in [6.45, 7) is 6.12. The van der Waals surface area contributed by atoms with Gasteiger partial charge in [-0.3, -0.25) is 14.5 Å². The van der Waals surface area contributed by atoms with E-state index in [-0.39, 0.29) is 18.5 Å². The highest BCUT2D eigenvalue weighted by Crippen LogP contribution is 2.29. The molecule has 5 nitrogen and oxygen atoms in total. The van der Waals surface area contributed by atoms with Crippen LogP contribution in [-0.4, -0.2) is 47.6 Å². The van der Waals surface area contributed by atoms with E-state index in [1.807, 2.05) is 0 Å². The molecule has 4 atom stereocenters. The molecule has 19 heavy (non-hydrogen) atoms. The molecule has 0 spiro atoms. The molecule has 0 radical (unpaired) electrons. The van der Waals surface area contributed by atoms with Gasteiger partial charge >= 0.3 is 5.97 Å². The van der Waals surface area contributed by atoms with Gasteiger partial charge in [-0.05, 0) is 32.2 Å². The Balaban J connectivity index is 2.44. The zero-order valence-corrected chi connectivity index (χ0v) is 12.3. The maximum atomic E-state index is 12.0. The number of nitrogens with one attached hydrogen (secondary N) is 1. The van der Waals surface area contributed by atoms with Crippen LogP contribution < -0.4 is 5.32 Å². The minimum Gasteiger partial charge on any atom is -0.480 e. The minimum atomic E-state index is -0.907. The first-order valence-corrected chi connectivity index (χ1v) is 7.05. The van der Waals surface area contributed by atoms with Gasteiger partial charge in [0.15, 0.2) is 0 Å². The number of aliphatic carboxylic acids is 1. The molecular formula is C14H26N2O3. The number of carboxylic acid groups (broad SMARTS) is 1. The number of carboxylic acids is 1. The highest BCUT2D eigenvalue weighted by atomic mass is 16.4. The van der Waals surface area contributed by atoms with E-state index in [0.29, 0.717) is 11.8 Å². The fraction of sp³-hybridized carbons (Fsp3) is 0.857. The third-order valence-electron chi connectivity index (χ3n) is 4.46. The van der Waals surface area contributed by atoms with E-state index in [1.54, 1.807) is 18.9 Å². The highest BCUT2D eigenvalue weighted by Gasteiger charge is 2.28. The van der Waals surface area contributed by atoms with Gasteiger partial charge in [0.25, 0.3) is 0 Å². The molecule has 0 aromatic rings. The van der Waals surface area contributed by atoms with Crippen molar-refractivity contribution in [3.8, 4) is 0 Å². The zero-order chi connectivity index (χ0) is 14.6. The Kier molecular flexibility index (Phi) is 5.79. The standard InChI is InChI=1S/C14H26N2O3/c1-9-6-5-7-12(10(9)2)15-13(17)8-16(4)11(3)14(18)19/h9-12H,5-8H2,1-4H3,(H,15,17)(H,18,19)/t9-,10+,11+,12+/m1/s1. The maximum Gasteiger partial charge on any atom is 0.320 e. The summed E-state index contributed by atoms with van der Waals surface area (Å²) in [6, 6.07) is -0.418. The first kappa shape index (κ1) is 16.0. The average Bonchev–Trinajstić information content (AvgIpc) is 2.33. The topological polar surface area (TPSA) is 69.6 Å². The van der Waals surface area contributed by atoms with Crippen molar-refractivity contribution in [2.75, 3.05) is 13.6 Å². The Morgan fingerprint density at radius 3 is 2.58 bits per heavy atom. The molecule has 0 aromatic carbocycles. The van der Waals surface area contributed by atoms with E-state index >= 15 is 0 Å². The fourth-order valence-corrected chi connectivity index (χ4v) is 2.59. The zero-order valence-electron chi connectivity index (χ0n) is 12.3. The van der Waals surface area contributed by atoms with E-state index in [9.17, 15) is 9.59 Å². The van der Waals surface area contributed by atoms with Crippen LogP contribution in [0.4, 0.5) is 0 Å². The lowest BCUT2D eigenvalue weighted by Gasteiger charge is -2.35. The number of nitrogens with zero attached hydrogens (tertiary/aromatic N) is 1. The van der Waals surface area contributed by atoms with Crippen LogP contribution in [0.3, 0.4) is 0 Å². The Morgan fingerprint density at radius 1 is 1.37 bits per heavy atom. The van der Waals surface area contributed by atoms with E-state index < -0.39 is 12.0 Å². The van der Waals surface area contributed by atoms with Gasteiger partial charge in [0.05, 0.1) is 6.54 Å². The van der Waals surface area contributed by atoms with Crippen molar-refractivity contribution in [2.24, 2.45) is 11.8 Å². The van der Waals surface area contributed by atoms with Crippen LogP contribution in [0.5, 0.6) is 0 Å². The lowest BCUT2D eigenvalue weighted by Crippen LogP contribution is -2.48. The minimum absolute atomic E-state index is 0.0819. The van der Waals surface area contributed by atoms with Gasteiger partial charge in [-0.2, -0.15) is 0 Å². The second kappa shape index (κ2) is 6.89. The molecule has 1 aliphatic carbocycles. The van der Waals surface area contributed by atoms with Crippen LogP contribution in [0.2, 0.25) is 0 Å². The molecule has 1 rings (SSSR count). The third-order valence-corrected chi connectivity index (χ3v) is 4.46. The Hall–Kier alpha value is -1.10. The molecule has 1 fully saturated rings. The summed E-state index contributed by atoms with van der Waals surface area (Å²) in [5.74, 6) is 0.131. The van der Waals surface area contributed by atoms with Crippen LogP contribution in [0.1, 0.15) is 40.0 Å². The van der Waals surface area contributed by atoms with Crippen LogP contribution in [0, 0.1) is 11.8 Å². The molecule has 0 aliphatic heterocycles. The average molecular weight is 270 g/mol. The van der Waals surface area contributed by atoms with Gasteiger partial charge < -0.3 is 10.4 Å². The predicted molar refractivity (Wildman–Crippen MR) is 73.8 cm³/mol. The monoisotopic (exact) mass is 270 g/mol. The Labute approximate surface area is 115 Å². The summed E-state index contributed by atoms with van der Waals surface area (Å²) >= 11 is 0. The number of carbonyl (C=O) groups is 2. The Bertz CT molecular complexity index is 333. The summed E-state index contributed by atoms with van der Waals surface area (Å²) in [6.07, 6.45) is 3.40. The largest absolute Gasteiger partial charge is 0.480 e. The van der Waals surface area contributed by atoms with Crippen LogP contribution in [-0.2, 0) is 9.59 Å². The van der Waals surface area contributed by atoms with Gasteiger partial charge in [0, 0.05) is 6.04 Å². The molecule has 0 bridgehead atoms. The summed E-state index contributed by atoms with van der Waals surface area (Å²) in [5, 5.41) is 11.9. The normalized spacial score (nSPS) is 29.0. The third kappa shape index (κ3) is 4.49. The van der Waals surface area contributed by atoms with Gasteiger partial charge in [-0.1, -0.05) is 26.7 Å². The van der Waals surface area contributed by atoms with Gasteiger partial charge in [0.1, 0.15) is 6.04 Å². The summed E-state index contributed by atoms with van der Waals surface area (Å²) in [5.41, 5.74) is 0. The summed E-state index contributed by atoms with van der Waals surface area (Å²) in [7, 11) is 1.66. The number of hydrogen-bond donors (Lipinski definition) is 2. The van der Waals surface area contributed by atoms with Crippen molar-refractivity contribution >= 4 is 11.9 Å². The lowest BCUT2D eigenvalue weighted by atomic mass is 9.78. The number of likely N-dealkylation sites (N-methyl/N-ethyl adjacent to an activating group) is 1. The van der Waals surface area contributed by atoms with Gasteiger partial charge in [-0.25, -0.2) is 0 Å². The molecule has 0 heterocycles. The number of rotatable bonds is 5. The van der Waals surface area contributed by atoms with Gasteiger partial charge in [0.2, 0.25) is 5.91 Å². The van der Waals surface area contributed by atoms with E-state index in [4.69, 9.17) is 5.11 Å². The maximum absolute atomic E-state index is 12.0. The number of hydrogen-bond acceptors (Lipinski definition) is 3. The highest BCUT2D eigenvalue weighted by molar-refractivity contribution is 5.80. The van der Waals surface area contributed by atoms with E-state index in [0.717, 1.165) is 12.8 Å². The molecule has 5 heteroatoms. The quantitative estimate of drug-likeness (QED) is 0.791. The molecule has 2 N–H and O–H groups in total. The summed E-state index contributed by atoms with van der Waals surface area (Å²) < 4.78 is 0. The molecular weight excluding hydrogens is 244 g/mol. The molecule has 0 aromatic heterocycles. The second-order valence-corrected chi connectivity index (χ2v) is 5.87. The SMILES string of the molecule is C[C@H]1[C@H](C)CCC[C@@H]1NC(=O)CN(C)[C@@H](C)C(=O)O. The second-order valence-electron chi connectivity index (χ2n) is 5.87. The van der Waals surface area contributed by atoms with Crippen molar-refractivity contribution in [3.05, 3.63) is 0 Å². The Morgan fingerprint density at radius 2 is 2.00 bits per heavy atom. The van der Waals surface area contributed by atoms with Crippen LogP contribution >= 0.6 is 0 Å². The van der Waals surface area contributed by atoms with Crippen molar-refractivity contribution in [3.63, 3.8) is 0 Å². The van der Waals surface area contributed by atoms with Crippen molar-refractivity contribution in [2.45, 2.75) is 52.1 Å². The molecule has 110 valence electrons. The van der Waals surface area contributed by atoms with Crippen LogP contribution in [0.15, 0.2) is 0 Å². The molecule has 0 unspecified atom stereocenters. The fourth-order valence-electron chi connectivity index (χ4n) is 2.59. The lowest BCUT2D eigenvalue weighted by molar-refractivity contribution is -0.142. The summed E-state index contributed by atoms with van der Waals surface area (Å²) in [4.78, 5) is 24.3. The predicted octanol–water partition coefficient (Wildman–Crippen LogP) is 1.33. The smallest absolute Gasteiger partial charge is 0.320 e. The van der Waals surface area contributed by atoms with Gasteiger partial charge in [-0.15, -0.1) is 0 Å². The van der Waals surface area contributed by atoms with E-state index in [1.165, 1.54) is 6.42 Å². The first-order chi connectivity index (χ1) is 8.82. The number of carbonyl (C=O) groups excluding carboxylic acids is 1. The van der Waals surface area contributed by atoms with E-state index in [2.05, 4.69) is 19.2 Å². The van der Waals surface area contributed by atoms with Crippen molar-refractivity contribution < 1.29 is 14.7 Å². The van der Waals surface area contributed by atoms with Crippen molar-refractivity contribution in [1.29, 1.82) is 0 Å². The molecule has 0 saturated heterocycles. The first-order valence-electron chi connectivity index (χ1n) is 7.05. The molecule has 1 aliphatic rings. The van der Waals surface area contributed by atoms with Crippen LogP contribution in [0.25, 0.3) is 0 Å². The molecule has 1 amide bonds. The molecule has 1 saturated carbocycles.